The largest absolute Gasteiger partial charge is 0.251 e. The van der Waals surface area contributed by atoms with Gasteiger partial charge in [-0.25, -0.2) is 0 Å². The highest BCUT2D eigenvalue weighted by Crippen LogP contribution is 1.45. The second kappa shape index (κ2) is 1.54. The lowest BCUT2D eigenvalue weighted by Gasteiger charge is -1.55. The zero-order chi connectivity index (χ0) is 4.28. The molecule has 0 atom stereocenters. The average molecular weight is 68.1 g/mol. The van der Waals surface area contributed by atoms with Crippen molar-refractivity contribution >= 4 is 5.71 Å². The van der Waals surface area contributed by atoms with E-state index in [-0.39, 0.29) is 0 Å². The molecule has 0 saturated carbocycles. The summed E-state index contributed by atoms with van der Waals surface area (Å²) in [5.41, 5.74) is 0.532. The van der Waals surface area contributed by atoms with Gasteiger partial charge in [0, 0.05) is 6.92 Å². The molecule has 1 heteroatoms. The maximum atomic E-state index is 4.97. The standard InChI is InChI=1S/C4H5N/c1-3-4(2)5/h1,5H,2H3/p+1. The molecule has 0 heterocycles. The normalized spacial score (nSPS) is 5.60. The Bertz CT molecular complexity index is 76.1. The summed E-state index contributed by atoms with van der Waals surface area (Å²) in [5, 5.41) is 4.97. The summed E-state index contributed by atoms with van der Waals surface area (Å²) in [5.74, 6) is 2.22. The second-order valence-electron chi connectivity index (χ2n) is 0.827. The van der Waals surface area contributed by atoms with Crippen molar-refractivity contribution in [3.05, 3.63) is 0 Å². The van der Waals surface area contributed by atoms with Gasteiger partial charge in [0.05, 0.1) is 0 Å². The molecule has 0 rings (SSSR count). The Morgan fingerprint density at radius 1 is 2.00 bits per heavy atom. The van der Waals surface area contributed by atoms with Crippen molar-refractivity contribution in [3.63, 3.8) is 0 Å². The molecule has 0 saturated heterocycles. The first kappa shape index (κ1) is 4.23. The van der Waals surface area contributed by atoms with Crippen LogP contribution in [0.5, 0.6) is 0 Å². The van der Waals surface area contributed by atoms with Gasteiger partial charge in [-0.2, -0.15) is 0 Å². The first-order valence-electron chi connectivity index (χ1n) is 1.33. The van der Waals surface area contributed by atoms with Crippen molar-refractivity contribution in [3.8, 4) is 12.3 Å². The molecule has 0 spiro atoms. The Morgan fingerprint density at radius 3 is 2.20 bits per heavy atom. The van der Waals surface area contributed by atoms with Crippen molar-refractivity contribution in [1.82, 2.24) is 0 Å². The number of rotatable bonds is 0. The summed E-state index contributed by atoms with van der Waals surface area (Å²) in [4.78, 5) is 0. The van der Waals surface area contributed by atoms with Crippen LogP contribution in [-0.4, -0.2) is 5.71 Å². The van der Waals surface area contributed by atoms with E-state index in [9.17, 15) is 0 Å². The topological polar surface area (TPSA) is 25.6 Å². The van der Waals surface area contributed by atoms with Gasteiger partial charge in [-0.15, -0.1) is 6.42 Å². The molecular weight excluding hydrogens is 62.1 g/mol. The van der Waals surface area contributed by atoms with Gasteiger partial charge in [-0.1, -0.05) is 0 Å². The summed E-state index contributed by atoms with van der Waals surface area (Å²) in [6.07, 6.45) is 4.76. The second-order valence-corrected chi connectivity index (χ2v) is 0.827. The smallest absolute Gasteiger partial charge is 0.220 e. The highest BCUT2D eigenvalue weighted by atomic mass is 14.4. The van der Waals surface area contributed by atoms with Gasteiger partial charge in [-0.3, -0.25) is 5.41 Å². The molecule has 0 aliphatic heterocycles. The van der Waals surface area contributed by atoms with Crippen LogP contribution in [0.2, 0.25) is 0 Å². The summed E-state index contributed by atoms with van der Waals surface area (Å²) in [7, 11) is 0. The highest BCUT2D eigenvalue weighted by Gasteiger charge is 1.72. The molecule has 2 N–H and O–H groups in total. The van der Waals surface area contributed by atoms with Gasteiger partial charge < -0.3 is 0 Å². The van der Waals surface area contributed by atoms with Crippen LogP contribution in [0, 0.1) is 12.3 Å². The lowest BCUT2D eigenvalue weighted by atomic mass is 10.5. The van der Waals surface area contributed by atoms with Gasteiger partial charge in [0.15, 0.2) is 0 Å². The molecule has 0 aliphatic carbocycles. The Labute approximate surface area is 31.5 Å². The Morgan fingerprint density at radius 2 is 2.20 bits per heavy atom. The molecule has 0 radical (unpaired) electrons. The molecule has 5 heavy (non-hydrogen) atoms. The molecule has 0 aromatic rings. The fourth-order valence-corrected chi connectivity index (χ4v) is 0. The van der Waals surface area contributed by atoms with Crippen molar-refractivity contribution in [2.24, 2.45) is 0 Å². The zero-order valence-corrected chi connectivity index (χ0v) is 3.15. The Kier molecular flexibility index (Phi) is 1.30. The van der Waals surface area contributed by atoms with Crippen LogP contribution in [0.25, 0.3) is 0 Å². The third kappa shape index (κ3) is 3.23. The summed E-state index contributed by atoms with van der Waals surface area (Å²) < 4.78 is 0. The third-order valence-electron chi connectivity index (χ3n) is 0.228. The monoisotopic (exact) mass is 68.0 g/mol. The SMILES string of the molecule is C#CC(C)=[NH2+]. The number of terminal acetylenes is 1. The molecule has 0 amide bonds. The van der Waals surface area contributed by atoms with E-state index in [1.165, 1.54) is 0 Å². The fraction of sp³-hybridized carbons (Fsp3) is 0.250. The molecule has 0 fully saturated rings. The van der Waals surface area contributed by atoms with Gasteiger partial charge in [0.2, 0.25) is 5.71 Å². The molecule has 0 aromatic carbocycles. The molecule has 0 bridgehead atoms. The molecular formula is C4H6N+. The summed E-state index contributed by atoms with van der Waals surface area (Å²) in [6, 6.07) is 0. The molecule has 26 valence electrons. The van der Waals surface area contributed by atoms with E-state index in [1.54, 1.807) is 6.92 Å². The molecule has 1 nitrogen and oxygen atoms in total. The number of hydrogen-bond donors (Lipinski definition) is 1. The Hall–Kier alpha value is -0.770. The Balaban J connectivity index is 3.35. The van der Waals surface area contributed by atoms with Gasteiger partial charge in [0.25, 0.3) is 0 Å². The molecule has 0 aromatic heterocycles. The van der Waals surface area contributed by atoms with Crippen molar-refractivity contribution < 1.29 is 5.41 Å². The lowest BCUT2D eigenvalue weighted by molar-refractivity contribution is -0.111. The van der Waals surface area contributed by atoms with Crippen LogP contribution in [0.3, 0.4) is 0 Å². The zero-order valence-electron chi connectivity index (χ0n) is 3.15. The molecule has 0 aliphatic rings. The van der Waals surface area contributed by atoms with E-state index >= 15 is 0 Å². The van der Waals surface area contributed by atoms with Crippen molar-refractivity contribution in [1.29, 1.82) is 0 Å². The minimum atomic E-state index is 0.532. The van der Waals surface area contributed by atoms with Crippen molar-refractivity contribution in [2.45, 2.75) is 6.92 Å². The lowest BCUT2D eigenvalue weighted by Crippen LogP contribution is -2.36. The fourth-order valence-electron chi connectivity index (χ4n) is 0. The van der Waals surface area contributed by atoms with Crippen LogP contribution >= 0.6 is 0 Å². The van der Waals surface area contributed by atoms with E-state index in [0.29, 0.717) is 5.71 Å². The van der Waals surface area contributed by atoms with Crippen molar-refractivity contribution in [2.75, 3.05) is 0 Å². The summed E-state index contributed by atoms with van der Waals surface area (Å²) in [6.45, 7) is 1.68. The minimum Gasteiger partial charge on any atom is -0.251 e. The van der Waals surface area contributed by atoms with E-state index in [2.05, 4.69) is 5.92 Å². The maximum Gasteiger partial charge on any atom is 0.220 e. The van der Waals surface area contributed by atoms with Crippen LogP contribution < -0.4 is 5.41 Å². The first-order chi connectivity index (χ1) is 2.27. The predicted molar refractivity (Wildman–Crippen MR) is 21.4 cm³/mol. The van der Waals surface area contributed by atoms with E-state index in [1.807, 2.05) is 0 Å². The molecule has 0 unspecified atom stereocenters. The predicted octanol–water partition coefficient (Wildman–Crippen LogP) is -1.16. The third-order valence-corrected chi connectivity index (χ3v) is 0.228. The maximum absolute atomic E-state index is 4.97. The van der Waals surface area contributed by atoms with Gasteiger partial charge in [0.1, 0.15) is 0 Å². The van der Waals surface area contributed by atoms with E-state index < -0.39 is 0 Å². The first-order valence-corrected chi connectivity index (χ1v) is 1.33. The summed E-state index contributed by atoms with van der Waals surface area (Å²) >= 11 is 0. The average Bonchev–Trinajstić information content (AvgIpc) is 1.38. The minimum absolute atomic E-state index is 0.532. The van der Waals surface area contributed by atoms with Gasteiger partial charge in [-0.05, 0) is 5.92 Å². The van der Waals surface area contributed by atoms with Gasteiger partial charge >= 0.3 is 0 Å². The number of nitrogens with two attached hydrogens (primary N) is 1. The van der Waals surface area contributed by atoms with E-state index in [0.717, 1.165) is 0 Å². The van der Waals surface area contributed by atoms with E-state index in [4.69, 9.17) is 11.8 Å². The van der Waals surface area contributed by atoms with Crippen LogP contribution in [-0.2, 0) is 0 Å². The highest BCUT2D eigenvalue weighted by molar-refractivity contribution is 5.92. The number of hydrogen-bond acceptors (Lipinski definition) is 0. The van der Waals surface area contributed by atoms with Crippen LogP contribution in [0.1, 0.15) is 6.92 Å². The van der Waals surface area contributed by atoms with Crippen LogP contribution in [0.15, 0.2) is 0 Å². The van der Waals surface area contributed by atoms with Crippen LogP contribution in [0.4, 0.5) is 0 Å². The quantitative estimate of drug-likeness (QED) is 0.274.